The standard InChI is InChI=1S/C15H16ClN3O/c1-17-14-7-8-18-10-13(14)15(20)19-9-6-11-2-4-12(16)5-3-11/h2-5,7-8,10H,6,9H2,1H3,(H,17,18)(H,19,20). The van der Waals surface area contributed by atoms with Crippen LogP contribution in [0.15, 0.2) is 42.7 Å². The van der Waals surface area contributed by atoms with Gasteiger partial charge in [0, 0.05) is 36.7 Å². The van der Waals surface area contributed by atoms with Gasteiger partial charge in [0.25, 0.3) is 5.91 Å². The molecule has 0 saturated carbocycles. The average Bonchev–Trinajstić information content (AvgIpc) is 2.49. The highest BCUT2D eigenvalue weighted by atomic mass is 35.5. The molecule has 2 N–H and O–H groups in total. The number of anilines is 1. The summed E-state index contributed by atoms with van der Waals surface area (Å²) >= 11 is 5.83. The lowest BCUT2D eigenvalue weighted by molar-refractivity contribution is 0.0954. The van der Waals surface area contributed by atoms with Gasteiger partial charge < -0.3 is 10.6 Å². The lowest BCUT2D eigenvalue weighted by Gasteiger charge is -2.09. The van der Waals surface area contributed by atoms with Crippen LogP contribution in [0.5, 0.6) is 0 Å². The molecule has 0 bridgehead atoms. The van der Waals surface area contributed by atoms with E-state index in [9.17, 15) is 4.79 Å². The summed E-state index contributed by atoms with van der Waals surface area (Å²) in [5, 5.41) is 6.57. The summed E-state index contributed by atoms with van der Waals surface area (Å²) in [4.78, 5) is 16.0. The monoisotopic (exact) mass is 289 g/mol. The van der Waals surface area contributed by atoms with Crippen molar-refractivity contribution in [2.75, 3.05) is 18.9 Å². The van der Waals surface area contributed by atoms with E-state index in [1.807, 2.05) is 24.3 Å². The van der Waals surface area contributed by atoms with E-state index in [1.54, 1.807) is 25.5 Å². The minimum atomic E-state index is -0.128. The Morgan fingerprint density at radius 2 is 2.00 bits per heavy atom. The van der Waals surface area contributed by atoms with Crippen LogP contribution in [0, 0.1) is 0 Å². The normalized spacial score (nSPS) is 10.1. The Balaban J connectivity index is 1.90. The van der Waals surface area contributed by atoms with Crippen LogP contribution >= 0.6 is 11.6 Å². The zero-order valence-electron chi connectivity index (χ0n) is 11.2. The van der Waals surface area contributed by atoms with E-state index in [-0.39, 0.29) is 5.91 Å². The van der Waals surface area contributed by atoms with Gasteiger partial charge in [0.2, 0.25) is 0 Å². The molecule has 0 fully saturated rings. The number of hydrogen-bond acceptors (Lipinski definition) is 3. The third kappa shape index (κ3) is 3.71. The van der Waals surface area contributed by atoms with Crippen LogP contribution in [0.1, 0.15) is 15.9 Å². The summed E-state index contributed by atoms with van der Waals surface area (Å²) in [5.74, 6) is -0.128. The van der Waals surface area contributed by atoms with Crippen LogP contribution in [-0.4, -0.2) is 24.5 Å². The number of carbonyl (C=O) groups excluding carboxylic acids is 1. The summed E-state index contributed by atoms with van der Waals surface area (Å²) < 4.78 is 0. The molecule has 104 valence electrons. The van der Waals surface area contributed by atoms with Gasteiger partial charge in [-0.25, -0.2) is 0 Å². The molecular weight excluding hydrogens is 274 g/mol. The Morgan fingerprint density at radius 1 is 1.25 bits per heavy atom. The highest BCUT2D eigenvalue weighted by molar-refractivity contribution is 6.30. The van der Waals surface area contributed by atoms with Gasteiger partial charge >= 0.3 is 0 Å². The summed E-state index contributed by atoms with van der Waals surface area (Å²) in [5.41, 5.74) is 2.45. The molecule has 1 amide bonds. The van der Waals surface area contributed by atoms with Gasteiger partial charge in [-0.1, -0.05) is 23.7 Å². The fourth-order valence-corrected chi connectivity index (χ4v) is 1.99. The van der Waals surface area contributed by atoms with Gasteiger partial charge in [0.05, 0.1) is 5.56 Å². The molecule has 1 heterocycles. The number of pyridine rings is 1. The maximum absolute atomic E-state index is 12.1. The maximum atomic E-state index is 12.1. The van der Waals surface area contributed by atoms with E-state index in [0.29, 0.717) is 17.1 Å². The van der Waals surface area contributed by atoms with E-state index < -0.39 is 0 Å². The van der Waals surface area contributed by atoms with Crippen molar-refractivity contribution < 1.29 is 4.79 Å². The second kappa shape index (κ2) is 6.91. The van der Waals surface area contributed by atoms with Crippen molar-refractivity contribution in [3.05, 3.63) is 58.9 Å². The van der Waals surface area contributed by atoms with Gasteiger partial charge in [-0.15, -0.1) is 0 Å². The zero-order chi connectivity index (χ0) is 14.4. The fraction of sp³-hybridized carbons (Fsp3) is 0.200. The number of hydrogen-bond donors (Lipinski definition) is 2. The largest absolute Gasteiger partial charge is 0.387 e. The van der Waals surface area contributed by atoms with Crippen molar-refractivity contribution in [1.29, 1.82) is 0 Å². The van der Waals surface area contributed by atoms with Crippen LogP contribution in [0.2, 0.25) is 5.02 Å². The molecule has 2 rings (SSSR count). The molecule has 5 heteroatoms. The first-order valence-electron chi connectivity index (χ1n) is 6.35. The minimum absolute atomic E-state index is 0.128. The third-order valence-corrected chi connectivity index (χ3v) is 3.20. The Kier molecular flexibility index (Phi) is 4.96. The van der Waals surface area contributed by atoms with Crippen LogP contribution in [-0.2, 0) is 6.42 Å². The molecule has 4 nitrogen and oxygen atoms in total. The molecule has 0 aliphatic rings. The molecule has 0 aliphatic carbocycles. The van der Waals surface area contributed by atoms with Gasteiger partial charge in [-0.2, -0.15) is 0 Å². The first-order valence-corrected chi connectivity index (χ1v) is 6.73. The Hall–Kier alpha value is -2.07. The Bertz CT molecular complexity index is 584. The highest BCUT2D eigenvalue weighted by Gasteiger charge is 2.09. The van der Waals surface area contributed by atoms with Crippen molar-refractivity contribution in [3.8, 4) is 0 Å². The second-order valence-corrected chi connectivity index (χ2v) is 4.74. The fourth-order valence-electron chi connectivity index (χ4n) is 1.86. The van der Waals surface area contributed by atoms with Gasteiger partial charge in [-0.3, -0.25) is 9.78 Å². The number of amides is 1. The maximum Gasteiger partial charge on any atom is 0.254 e. The molecule has 0 aliphatic heterocycles. The average molecular weight is 290 g/mol. The molecule has 1 aromatic carbocycles. The van der Waals surface area contributed by atoms with Crippen LogP contribution in [0.25, 0.3) is 0 Å². The lowest BCUT2D eigenvalue weighted by atomic mass is 10.1. The summed E-state index contributed by atoms with van der Waals surface area (Å²) in [7, 11) is 1.78. The number of nitrogens with one attached hydrogen (secondary N) is 2. The molecule has 1 aromatic heterocycles. The molecule has 2 aromatic rings. The first-order chi connectivity index (χ1) is 9.70. The first kappa shape index (κ1) is 14.3. The van der Waals surface area contributed by atoms with Gasteiger partial charge in [0.1, 0.15) is 0 Å². The van der Waals surface area contributed by atoms with Crippen LogP contribution in [0.4, 0.5) is 5.69 Å². The Labute approximate surface area is 123 Å². The van der Waals surface area contributed by atoms with Crippen molar-refractivity contribution in [3.63, 3.8) is 0 Å². The molecule has 20 heavy (non-hydrogen) atoms. The predicted octanol–water partition coefficient (Wildman–Crippen LogP) is 2.75. The molecule has 0 radical (unpaired) electrons. The van der Waals surface area contributed by atoms with E-state index in [0.717, 1.165) is 17.7 Å². The summed E-state index contributed by atoms with van der Waals surface area (Å²) in [6, 6.07) is 9.38. The SMILES string of the molecule is CNc1ccncc1C(=O)NCCc1ccc(Cl)cc1. The zero-order valence-corrected chi connectivity index (χ0v) is 11.9. The quantitative estimate of drug-likeness (QED) is 0.890. The molecule has 0 saturated heterocycles. The predicted molar refractivity (Wildman–Crippen MR) is 81.3 cm³/mol. The third-order valence-electron chi connectivity index (χ3n) is 2.95. The number of rotatable bonds is 5. The molecule has 0 spiro atoms. The van der Waals surface area contributed by atoms with E-state index >= 15 is 0 Å². The van der Waals surface area contributed by atoms with Gasteiger partial charge in [0.15, 0.2) is 0 Å². The number of benzene rings is 1. The van der Waals surface area contributed by atoms with E-state index in [2.05, 4.69) is 15.6 Å². The Morgan fingerprint density at radius 3 is 2.70 bits per heavy atom. The number of carbonyl (C=O) groups is 1. The van der Waals surface area contributed by atoms with Crippen LogP contribution in [0.3, 0.4) is 0 Å². The van der Waals surface area contributed by atoms with E-state index in [4.69, 9.17) is 11.6 Å². The summed E-state index contributed by atoms with van der Waals surface area (Å²) in [6.45, 7) is 0.568. The van der Waals surface area contributed by atoms with Crippen molar-refractivity contribution in [1.82, 2.24) is 10.3 Å². The van der Waals surface area contributed by atoms with E-state index in [1.165, 1.54) is 0 Å². The van der Waals surface area contributed by atoms with Crippen molar-refractivity contribution in [2.45, 2.75) is 6.42 Å². The van der Waals surface area contributed by atoms with Crippen molar-refractivity contribution >= 4 is 23.2 Å². The topological polar surface area (TPSA) is 54.0 Å². The smallest absolute Gasteiger partial charge is 0.254 e. The highest BCUT2D eigenvalue weighted by Crippen LogP contribution is 2.12. The molecule has 0 atom stereocenters. The molecule has 0 unspecified atom stereocenters. The second-order valence-electron chi connectivity index (χ2n) is 4.30. The lowest BCUT2D eigenvalue weighted by Crippen LogP contribution is -2.26. The van der Waals surface area contributed by atoms with Gasteiger partial charge in [-0.05, 0) is 30.2 Å². The number of aromatic nitrogens is 1. The number of halogens is 1. The number of nitrogens with zero attached hydrogens (tertiary/aromatic N) is 1. The van der Waals surface area contributed by atoms with Crippen LogP contribution < -0.4 is 10.6 Å². The minimum Gasteiger partial charge on any atom is -0.387 e. The van der Waals surface area contributed by atoms with Crippen molar-refractivity contribution in [2.24, 2.45) is 0 Å². The summed E-state index contributed by atoms with van der Waals surface area (Å²) in [6.07, 6.45) is 3.97. The molecular formula is C15H16ClN3O.